The van der Waals surface area contributed by atoms with Gasteiger partial charge in [-0.3, -0.25) is 37.3 Å². The molecule has 0 heterocycles. The summed E-state index contributed by atoms with van der Waals surface area (Å²) in [5.74, 6) is -2.31. The highest BCUT2D eigenvalue weighted by Gasteiger charge is 2.30. The van der Waals surface area contributed by atoms with E-state index in [4.69, 9.17) is 37.0 Å². The number of esters is 4. The number of aliphatic hydroxyl groups excluding tert-OH is 1. The standard InChI is InChI=1S/C83H142O17P2/c1-5-9-13-17-21-25-29-33-36-38-41-44-48-52-56-60-64-68-81(86)94-74-79(100-83(88)70-66-62-58-54-50-46-42-39-37-34-30-26-22-18-14-10-6-2)76-98-102(91,92)96-72-77(84)71-95-101(89,90)97-75-78(73-93-80(85)67-63-59-55-51-47-43-32-28-24-20-16-12-8-4)99-82(87)69-65-61-57-53-49-45-40-35-31-27-23-19-15-11-7-3/h21-23,25-27,33-37,40-42,44,46,52,54,56,58,77-79,84H,5-20,24,28-32,38-39,43,45,47-51,53,55,57,59-76H2,1-4H3,(H,89,90)(H,91,92)/b25-21-,26-22-,27-23-,36-33-,37-34-,40-35-,44-41-,46-42-,56-52-,58-54-/t77-,78-,79-/m1/s1. The quantitative estimate of drug-likeness (QED) is 0.0169. The Morgan fingerprint density at radius 2 is 0.490 bits per heavy atom. The number of rotatable bonds is 74. The summed E-state index contributed by atoms with van der Waals surface area (Å²) in [7, 11) is -9.99. The zero-order valence-electron chi connectivity index (χ0n) is 64.0. The highest BCUT2D eigenvalue weighted by Crippen LogP contribution is 2.45. The molecule has 0 aromatic carbocycles. The van der Waals surface area contributed by atoms with Crippen LogP contribution in [0, 0.1) is 0 Å². The molecule has 0 fully saturated rings. The fraction of sp³-hybridized carbons (Fsp3) is 0.711. The molecule has 0 radical (unpaired) electrons. The van der Waals surface area contributed by atoms with Gasteiger partial charge in [0.05, 0.1) is 26.4 Å². The topological polar surface area (TPSA) is 237 Å². The second-order valence-corrected chi connectivity index (χ2v) is 29.2. The molecule has 0 rings (SSSR count). The highest BCUT2D eigenvalue weighted by molar-refractivity contribution is 7.47. The van der Waals surface area contributed by atoms with Crippen molar-refractivity contribution in [2.24, 2.45) is 0 Å². The van der Waals surface area contributed by atoms with E-state index in [1.165, 1.54) is 116 Å². The van der Waals surface area contributed by atoms with Gasteiger partial charge in [0, 0.05) is 25.7 Å². The number of aliphatic hydroxyl groups is 1. The molecular formula is C83H142O17P2. The minimum absolute atomic E-state index is 0.00522. The molecule has 19 heteroatoms. The molecule has 3 N–H and O–H groups in total. The van der Waals surface area contributed by atoms with Gasteiger partial charge in [0.1, 0.15) is 19.3 Å². The van der Waals surface area contributed by atoms with Gasteiger partial charge in [-0.1, -0.05) is 284 Å². The molecule has 0 aliphatic carbocycles. The molecule has 0 aromatic heterocycles. The molecule has 5 atom stereocenters. The smallest absolute Gasteiger partial charge is 0.462 e. The first-order valence-corrected chi connectivity index (χ1v) is 42.8. The van der Waals surface area contributed by atoms with Crippen molar-refractivity contribution >= 4 is 39.5 Å². The van der Waals surface area contributed by atoms with Crippen LogP contribution in [0.4, 0.5) is 0 Å². The Morgan fingerprint density at radius 1 is 0.275 bits per heavy atom. The molecule has 0 aliphatic rings. The highest BCUT2D eigenvalue weighted by atomic mass is 31.2. The molecule has 0 spiro atoms. The zero-order chi connectivity index (χ0) is 74.6. The van der Waals surface area contributed by atoms with Crippen molar-refractivity contribution < 1.29 is 80.2 Å². The third-order valence-corrected chi connectivity index (χ3v) is 18.3. The summed E-state index contributed by atoms with van der Waals surface area (Å²) in [4.78, 5) is 72.9. The van der Waals surface area contributed by atoms with Crippen LogP contribution in [-0.2, 0) is 65.4 Å². The fourth-order valence-electron chi connectivity index (χ4n) is 10.3. The zero-order valence-corrected chi connectivity index (χ0v) is 65.8. The Balaban J connectivity index is 5.47. The average Bonchev–Trinajstić information content (AvgIpc) is 0.943. The minimum atomic E-state index is -5.01. The number of hydrogen-bond acceptors (Lipinski definition) is 15. The monoisotopic (exact) mass is 1470 g/mol. The van der Waals surface area contributed by atoms with Crippen molar-refractivity contribution in [3.05, 3.63) is 122 Å². The summed E-state index contributed by atoms with van der Waals surface area (Å²) in [6.07, 6.45) is 81.9. The second-order valence-electron chi connectivity index (χ2n) is 26.3. The predicted molar refractivity (Wildman–Crippen MR) is 418 cm³/mol. The Bertz CT molecular complexity index is 2410. The van der Waals surface area contributed by atoms with Gasteiger partial charge in [0.25, 0.3) is 0 Å². The Morgan fingerprint density at radius 3 is 0.804 bits per heavy atom. The van der Waals surface area contributed by atoms with Crippen molar-refractivity contribution in [2.45, 2.75) is 341 Å². The molecule has 0 aliphatic heterocycles. The SMILES string of the molecule is CCCCC/C=C\C/C=C\C/C=C\C/C=C\CCCC(=O)OC[C@H](COP(=O)(O)OC[C@H](O)COP(=O)(O)OC[C@@H](COC(=O)CCCCCCCCCCCCCCC)OC(=O)CCCCCCC/C=C\C/C=C\CCCCC)OC(=O)CCC/C=C\C/C=C\C/C=C\C/C=C\CCCCC. The normalized spacial score (nSPS) is 14.5. The van der Waals surface area contributed by atoms with Gasteiger partial charge >= 0.3 is 39.5 Å². The number of phosphoric ester groups is 2. The molecule has 0 aromatic rings. The van der Waals surface area contributed by atoms with Gasteiger partial charge in [-0.2, -0.15) is 0 Å². The molecule has 2 unspecified atom stereocenters. The van der Waals surface area contributed by atoms with E-state index in [1.54, 1.807) is 0 Å². The first-order valence-electron chi connectivity index (χ1n) is 39.8. The number of unbranched alkanes of at least 4 members (excludes halogenated alkanes) is 28. The number of carbonyl (C=O) groups excluding carboxylic acids is 4. The van der Waals surface area contributed by atoms with Crippen molar-refractivity contribution in [3.63, 3.8) is 0 Å². The van der Waals surface area contributed by atoms with Crippen LogP contribution in [-0.4, -0.2) is 96.7 Å². The van der Waals surface area contributed by atoms with E-state index in [0.29, 0.717) is 38.5 Å². The summed E-state index contributed by atoms with van der Waals surface area (Å²) >= 11 is 0. The minimum Gasteiger partial charge on any atom is -0.462 e. The van der Waals surface area contributed by atoms with Gasteiger partial charge in [-0.15, -0.1) is 0 Å². The summed E-state index contributed by atoms with van der Waals surface area (Å²) in [6, 6.07) is 0. The van der Waals surface area contributed by atoms with Gasteiger partial charge in [0.2, 0.25) is 0 Å². The van der Waals surface area contributed by atoms with Gasteiger partial charge in [0.15, 0.2) is 12.2 Å². The molecule has 0 saturated heterocycles. The van der Waals surface area contributed by atoms with Gasteiger partial charge in [-0.05, 0) is 135 Å². The van der Waals surface area contributed by atoms with Crippen molar-refractivity contribution in [1.29, 1.82) is 0 Å². The third kappa shape index (κ3) is 73.8. The number of phosphoric acid groups is 2. The van der Waals surface area contributed by atoms with Crippen LogP contribution >= 0.6 is 15.6 Å². The van der Waals surface area contributed by atoms with E-state index in [0.717, 1.165) is 116 Å². The van der Waals surface area contributed by atoms with E-state index in [-0.39, 0.29) is 25.7 Å². The van der Waals surface area contributed by atoms with Crippen LogP contribution in [0.25, 0.3) is 0 Å². The summed E-state index contributed by atoms with van der Waals surface area (Å²) < 4.78 is 68.5. The maximum atomic E-state index is 13.1. The largest absolute Gasteiger partial charge is 0.472 e. The first kappa shape index (κ1) is 97.5. The van der Waals surface area contributed by atoms with Crippen molar-refractivity contribution in [3.8, 4) is 0 Å². The molecule has 102 heavy (non-hydrogen) atoms. The maximum Gasteiger partial charge on any atom is 0.472 e. The van der Waals surface area contributed by atoms with Crippen LogP contribution in [0.1, 0.15) is 323 Å². The van der Waals surface area contributed by atoms with Crippen molar-refractivity contribution in [2.75, 3.05) is 39.6 Å². The van der Waals surface area contributed by atoms with E-state index in [2.05, 4.69) is 125 Å². The molecule has 0 saturated carbocycles. The fourth-order valence-corrected chi connectivity index (χ4v) is 11.9. The van der Waals surface area contributed by atoms with Crippen LogP contribution in [0.15, 0.2) is 122 Å². The number of hydrogen-bond donors (Lipinski definition) is 3. The Labute approximate surface area is 619 Å². The Hall–Kier alpha value is -4.54. The summed E-state index contributed by atoms with van der Waals surface area (Å²) in [5, 5.41) is 10.6. The number of ether oxygens (including phenoxy) is 4. The van der Waals surface area contributed by atoms with Gasteiger partial charge < -0.3 is 33.8 Å². The van der Waals surface area contributed by atoms with Crippen LogP contribution in [0.3, 0.4) is 0 Å². The van der Waals surface area contributed by atoms with Crippen LogP contribution in [0.5, 0.6) is 0 Å². The lowest BCUT2D eigenvalue weighted by Crippen LogP contribution is -2.30. The molecule has 586 valence electrons. The van der Waals surface area contributed by atoms with E-state index in [9.17, 15) is 43.2 Å². The molecule has 17 nitrogen and oxygen atoms in total. The number of carbonyl (C=O) groups is 4. The summed E-state index contributed by atoms with van der Waals surface area (Å²) in [5.41, 5.74) is 0. The molecular weight excluding hydrogens is 1330 g/mol. The van der Waals surface area contributed by atoms with E-state index < -0.39 is 97.5 Å². The van der Waals surface area contributed by atoms with Gasteiger partial charge in [-0.25, -0.2) is 9.13 Å². The predicted octanol–water partition coefficient (Wildman–Crippen LogP) is 23.1. The molecule has 0 bridgehead atoms. The maximum absolute atomic E-state index is 13.1. The average molecular weight is 1470 g/mol. The second kappa shape index (κ2) is 74.7. The summed E-state index contributed by atoms with van der Waals surface area (Å²) in [6.45, 7) is 4.67. The third-order valence-electron chi connectivity index (χ3n) is 16.4. The van der Waals surface area contributed by atoms with E-state index >= 15 is 0 Å². The van der Waals surface area contributed by atoms with E-state index in [1.807, 2.05) is 24.3 Å². The van der Waals surface area contributed by atoms with Crippen molar-refractivity contribution in [1.82, 2.24) is 0 Å². The lowest BCUT2D eigenvalue weighted by molar-refractivity contribution is -0.161. The van der Waals surface area contributed by atoms with Crippen LogP contribution < -0.4 is 0 Å². The molecule has 0 amide bonds. The first-order chi connectivity index (χ1) is 49.7. The van der Waals surface area contributed by atoms with Crippen LogP contribution in [0.2, 0.25) is 0 Å². The number of allylic oxidation sites excluding steroid dienone is 20. The Kier molecular flexibility index (Phi) is 71.4. The lowest BCUT2D eigenvalue weighted by atomic mass is 10.0. The lowest BCUT2D eigenvalue weighted by Gasteiger charge is -2.21.